The van der Waals surface area contributed by atoms with E-state index in [1.54, 1.807) is 18.3 Å². The number of hydrogen-bond acceptors (Lipinski definition) is 6. The molecular weight excluding hydrogens is 380 g/mol. The lowest BCUT2D eigenvalue weighted by Crippen LogP contribution is -2.45. The first-order chi connectivity index (χ1) is 12.9. The largest absolute Gasteiger partial charge is 0.336 e. The maximum atomic E-state index is 12.4. The van der Waals surface area contributed by atoms with E-state index in [4.69, 9.17) is 0 Å². The number of carbonyl (C=O) groups is 2. The van der Waals surface area contributed by atoms with Crippen LogP contribution in [0.2, 0.25) is 0 Å². The normalized spacial score (nSPS) is 12.1. The first-order valence-corrected chi connectivity index (χ1v) is 10.3. The molecule has 8 heteroatoms. The van der Waals surface area contributed by atoms with E-state index in [1.165, 1.54) is 11.8 Å². The van der Waals surface area contributed by atoms with Crippen molar-refractivity contribution in [1.29, 1.82) is 0 Å². The van der Waals surface area contributed by atoms with Crippen LogP contribution < -0.4 is 10.6 Å². The van der Waals surface area contributed by atoms with Gasteiger partial charge in [-0.25, -0.2) is 14.8 Å². The Balaban J connectivity index is 1.85. The van der Waals surface area contributed by atoms with E-state index >= 15 is 0 Å². The van der Waals surface area contributed by atoms with E-state index in [-0.39, 0.29) is 11.9 Å². The van der Waals surface area contributed by atoms with Crippen LogP contribution in [0.15, 0.2) is 46.8 Å². The fourth-order valence-electron chi connectivity index (χ4n) is 2.39. The molecule has 27 heavy (non-hydrogen) atoms. The maximum absolute atomic E-state index is 12.4. The molecule has 0 aliphatic carbocycles. The molecule has 0 aliphatic rings. The molecule has 0 aliphatic heterocycles. The van der Waals surface area contributed by atoms with Gasteiger partial charge in [0.2, 0.25) is 5.91 Å². The average Bonchev–Trinajstić information content (AvgIpc) is 3.15. The zero-order chi connectivity index (χ0) is 19.4. The Morgan fingerprint density at radius 2 is 1.85 bits per heavy atom. The Labute approximate surface area is 165 Å². The predicted molar refractivity (Wildman–Crippen MR) is 110 cm³/mol. The molecule has 0 radical (unpaired) electrons. The summed E-state index contributed by atoms with van der Waals surface area (Å²) >= 11 is 2.88. The number of carbonyl (C=O) groups excluding carboxylic acids is 2. The van der Waals surface area contributed by atoms with Crippen molar-refractivity contribution in [1.82, 2.24) is 20.6 Å². The summed E-state index contributed by atoms with van der Waals surface area (Å²) in [7, 11) is 0. The summed E-state index contributed by atoms with van der Waals surface area (Å²) in [6.07, 6.45) is 0. The third-order valence-corrected chi connectivity index (χ3v) is 5.59. The molecule has 3 aromatic rings. The van der Waals surface area contributed by atoms with Crippen molar-refractivity contribution in [3.8, 4) is 10.7 Å². The van der Waals surface area contributed by atoms with Crippen LogP contribution in [0.5, 0.6) is 0 Å². The molecule has 2 heterocycles. The molecule has 0 spiro atoms. The summed E-state index contributed by atoms with van der Waals surface area (Å²) in [6.45, 7) is 5.42. The van der Waals surface area contributed by atoms with Crippen molar-refractivity contribution in [3.63, 3.8) is 0 Å². The van der Waals surface area contributed by atoms with Crippen molar-refractivity contribution < 1.29 is 9.59 Å². The van der Waals surface area contributed by atoms with Crippen LogP contribution in [0.3, 0.4) is 0 Å². The van der Waals surface area contributed by atoms with Gasteiger partial charge in [0.15, 0.2) is 5.82 Å². The lowest BCUT2D eigenvalue weighted by molar-refractivity contribution is -0.119. The van der Waals surface area contributed by atoms with Crippen LogP contribution in [-0.2, 0) is 4.79 Å². The number of nitrogens with zero attached hydrogens (tertiary/aromatic N) is 2. The summed E-state index contributed by atoms with van der Waals surface area (Å²) in [5.41, 5.74) is 0.823. The SMILES string of the molecule is CC(C)NC(=O)NC(=O)[C@@H](C)Sc1nc(-c2cccs2)nc2ccccc12. The number of thioether (sulfide) groups is 1. The number of fused-ring (bicyclic) bond motifs is 1. The molecule has 140 valence electrons. The highest BCUT2D eigenvalue weighted by molar-refractivity contribution is 8.00. The second-order valence-electron chi connectivity index (χ2n) is 6.22. The number of hydrogen-bond donors (Lipinski definition) is 2. The van der Waals surface area contributed by atoms with Gasteiger partial charge in [-0.05, 0) is 38.3 Å². The minimum atomic E-state index is -0.491. The Bertz CT molecular complexity index is 958. The Kier molecular flexibility index (Phi) is 6.08. The number of aromatic nitrogens is 2. The Morgan fingerprint density at radius 1 is 1.07 bits per heavy atom. The third-order valence-electron chi connectivity index (χ3n) is 3.62. The topological polar surface area (TPSA) is 84.0 Å². The number of thiophene rings is 1. The van der Waals surface area contributed by atoms with Gasteiger partial charge in [0.25, 0.3) is 0 Å². The molecular formula is C19H20N4O2S2. The minimum absolute atomic E-state index is 0.0417. The zero-order valence-electron chi connectivity index (χ0n) is 15.2. The summed E-state index contributed by atoms with van der Waals surface area (Å²) < 4.78 is 0. The van der Waals surface area contributed by atoms with Crippen molar-refractivity contribution in [3.05, 3.63) is 41.8 Å². The maximum Gasteiger partial charge on any atom is 0.321 e. The minimum Gasteiger partial charge on any atom is -0.336 e. The van der Waals surface area contributed by atoms with Crippen molar-refractivity contribution in [2.75, 3.05) is 0 Å². The highest BCUT2D eigenvalue weighted by atomic mass is 32.2. The molecule has 2 aromatic heterocycles. The average molecular weight is 401 g/mol. The molecule has 6 nitrogen and oxygen atoms in total. The molecule has 1 aromatic carbocycles. The molecule has 3 amide bonds. The lowest BCUT2D eigenvalue weighted by atomic mass is 10.2. The van der Waals surface area contributed by atoms with E-state index in [1.807, 2.05) is 55.6 Å². The number of benzene rings is 1. The van der Waals surface area contributed by atoms with Crippen LogP contribution >= 0.6 is 23.1 Å². The van der Waals surface area contributed by atoms with Gasteiger partial charge in [-0.1, -0.05) is 36.0 Å². The Morgan fingerprint density at radius 3 is 2.56 bits per heavy atom. The number of amides is 3. The fourth-order valence-corrected chi connectivity index (χ4v) is 3.98. The van der Waals surface area contributed by atoms with Crippen molar-refractivity contribution >= 4 is 45.9 Å². The van der Waals surface area contributed by atoms with Crippen LogP contribution in [0, 0.1) is 0 Å². The van der Waals surface area contributed by atoms with Gasteiger partial charge in [0, 0.05) is 11.4 Å². The standard InChI is InChI=1S/C19H20N4O2S2/c1-11(2)20-19(25)23-17(24)12(3)27-18-13-7-4-5-8-14(13)21-16(22-18)15-9-6-10-26-15/h4-12H,1-3H3,(H2,20,23,24,25)/t12-/m1/s1. The first kappa shape index (κ1) is 19.3. The molecule has 0 bridgehead atoms. The number of rotatable bonds is 5. The lowest BCUT2D eigenvalue weighted by Gasteiger charge is -2.14. The van der Waals surface area contributed by atoms with Gasteiger partial charge < -0.3 is 5.32 Å². The number of urea groups is 1. The summed E-state index contributed by atoms with van der Waals surface area (Å²) in [6, 6.07) is 11.1. The summed E-state index contributed by atoms with van der Waals surface area (Å²) in [5, 5.41) is 8.11. The van der Waals surface area contributed by atoms with Gasteiger partial charge in [-0.15, -0.1) is 11.3 Å². The number of nitrogens with one attached hydrogen (secondary N) is 2. The second kappa shape index (κ2) is 8.49. The van der Waals surface area contributed by atoms with Crippen molar-refractivity contribution in [2.45, 2.75) is 37.1 Å². The quantitative estimate of drug-likeness (QED) is 0.498. The van der Waals surface area contributed by atoms with Crippen LogP contribution in [0.4, 0.5) is 4.79 Å². The fraction of sp³-hybridized carbons (Fsp3) is 0.263. The zero-order valence-corrected chi connectivity index (χ0v) is 16.9. The van der Waals surface area contributed by atoms with Crippen LogP contribution in [-0.4, -0.2) is 33.2 Å². The van der Waals surface area contributed by atoms with Crippen LogP contribution in [0.1, 0.15) is 20.8 Å². The van der Waals surface area contributed by atoms with E-state index in [9.17, 15) is 9.59 Å². The first-order valence-electron chi connectivity index (χ1n) is 8.52. The highest BCUT2D eigenvalue weighted by Gasteiger charge is 2.20. The highest BCUT2D eigenvalue weighted by Crippen LogP contribution is 2.32. The predicted octanol–water partition coefficient (Wildman–Crippen LogP) is 4.07. The number of imide groups is 1. The second-order valence-corrected chi connectivity index (χ2v) is 8.50. The van der Waals surface area contributed by atoms with E-state index < -0.39 is 11.3 Å². The van der Waals surface area contributed by atoms with E-state index in [0.29, 0.717) is 5.82 Å². The van der Waals surface area contributed by atoms with Gasteiger partial charge in [-0.2, -0.15) is 0 Å². The third kappa shape index (κ3) is 4.84. The van der Waals surface area contributed by atoms with E-state index in [2.05, 4.69) is 20.6 Å². The molecule has 1 atom stereocenters. The van der Waals surface area contributed by atoms with Gasteiger partial charge in [0.05, 0.1) is 15.6 Å². The molecule has 0 saturated heterocycles. The van der Waals surface area contributed by atoms with Gasteiger partial charge in [-0.3, -0.25) is 10.1 Å². The van der Waals surface area contributed by atoms with Gasteiger partial charge in [0.1, 0.15) is 5.03 Å². The molecule has 0 unspecified atom stereocenters. The smallest absolute Gasteiger partial charge is 0.321 e. The molecule has 2 N–H and O–H groups in total. The Hall–Kier alpha value is -2.45. The molecule has 0 fully saturated rings. The van der Waals surface area contributed by atoms with Crippen molar-refractivity contribution in [2.24, 2.45) is 0 Å². The summed E-state index contributed by atoms with van der Waals surface area (Å²) in [4.78, 5) is 34.4. The van der Waals surface area contributed by atoms with E-state index in [0.717, 1.165) is 20.8 Å². The summed E-state index contributed by atoms with van der Waals surface area (Å²) in [5.74, 6) is 0.273. The van der Waals surface area contributed by atoms with Gasteiger partial charge >= 0.3 is 6.03 Å². The monoisotopic (exact) mass is 400 g/mol. The van der Waals surface area contributed by atoms with Crippen LogP contribution in [0.25, 0.3) is 21.6 Å². The molecule has 0 saturated carbocycles. The number of para-hydroxylation sites is 1. The molecule has 3 rings (SSSR count).